The van der Waals surface area contributed by atoms with Gasteiger partial charge in [0.1, 0.15) is 11.7 Å². The third-order valence-corrected chi connectivity index (χ3v) is 4.05. The molecule has 2 atom stereocenters. The van der Waals surface area contributed by atoms with Crippen LogP contribution in [0.25, 0.3) is 0 Å². The summed E-state index contributed by atoms with van der Waals surface area (Å²) >= 11 is 0. The van der Waals surface area contributed by atoms with Gasteiger partial charge < -0.3 is 20.3 Å². The Balaban J connectivity index is 2.85. The molecule has 0 spiro atoms. The number of carbonyl (C=O) groups is 2. The lowest BCUT2D eigenvalue weighted by Crippen LogP contribution is -2.55. The maximum Gasteiger partial charge on any atom is 0.407 e. The number of aliphatic hydroxyl groups excluding tert-OH is 1. The maximum atomic E-state index is 13.7. The fraction of sp³-hybridized carbons (Fsp3) is 0.875. The first-order chi connectivity index (χ1) is 10.9. The molecule has 140 valence electrons. The number of halogens is 2. The molecular weight excluding hydrogens is 324 g/mol. The van der Waals surface area contributed by atoms with Gasteiger partial charge in [-0.2, -0.15) is 8.78 Å². The molecule has 1 rings (SSSR count). The Morgan fingerprint density at radius 3 is 2.21 bits per heavy atom. The van der Waals surface area contributed by atoms with E-state index in [2.05, 4.69) is 5.32 Å². The molecule has 0 aromatic heterocycles. The van der Waals surface area contributed by atoms with Crippen molar-refractivity contribution in [3.8, 4) is 0 Å². The van der Waals surface area contributed by atoms with Crippen molar-refractivity contribution in [1.82, 2.24) is 5.32 Å². The molecule has 0 radical (unpaired) electrons. The van der Waals surface area contributed by atoms with Gasteiger partial charge in [0.15, 0.2) is 0 Å². The van der Waals surface area contributed by atoms with E-state index in [0.717, 1.165) is 32.1 Å². The molecule has 8 heteroatoms. The maximum absolute atomic E-state index is 13.7. The van der Waals surface area contributed by atoms with Gasteiger partial charge in [0.25, 0.3) is 0 Å². The zero-order valence-corrected chi connectivity index (χ0v) is 14.3. The second-order valence-electron chi connectivity index (χ2n) is 7.37. The zero-order chi connectivity index (χ0) is 18.5. The van der Waals surface area contributed by atoms with E-state index in [4.69, 9.17) is 9.84 Å². The van der Waals surface area contributed by atoms with Crippen molar-refractivity contribution in [3.63, 3.8) is 0 Å². The Bertz CT molecular complexity index is 444. The van der Waals surface area contributed by atoms with Gasteiger partial charge in [-0.1, -0.05) is 32.1 Å². The van der Waals surface area contributed by atoms with Crippen LogP contribution in [0.4, 0.5) is 13.6 Å². The fourth-order valence-electron chi connectivity index (χ4n) is 2.89. The first-order valence-corrected chi connectivity index (χ1v) is 8.22. The van der Waals surface area contributed by atoms with Gasteiger partial charge in [0, 0.05) is 0 Å². The van der Waals surface area contributed by atoms with Gasteiger partial charge >= 0.3 is 18.0 Å². The predicted octanol–water partition coefficient (Wildman–Crippen LogP) is 2.93. The molecule has 0 bridgehead atoms. The molecular formula is C16H27F2NO5. The number of alkyl carbamates (subject to hydrolysis) is 1. The summed E-state index contributed by atoms with van der Waals surface area (Å²) in [4.78, 5) is 22.6. The molecule has 0 unspecified atom stereocenters. The Kier molecular flexibility index (Phi) is 6.95. The van der Waals surface area contributed by atoms with E-state index in [-0.39, 0.29) is 12.3 Å². The highest BCUT2D eigenvalue weighted by Crippen LogP contribution is 2.31. The van der Waals surface area contributed by atoms with Crippen LogP contribution < -0.4 is 5.32 Å². The molecule has 1 aliphatic rings. The first kappa shape index (κ1) is 20.6. The number of hydrogen-bond acceptors (Lipinski definition) is 4. The molecule has 1 saturated carbocycles. The second kappa shape index (κ2) is 8.09. The Hall–Kier alpha value is -1.44. The number of rotatable bonds is 6. The minimum Gasteiger partial charge on any atom is -0.477 e. The molecule has 24 heavy (non-hydrogen) atoms. The van der Waals surface area contributed by atoms with Gasteiger partial charge in [-0.25, -0.2) is 9.59 Å². The Labute approximate surface area is 140 Å². The summed E-state index contributed by atoms with van der Waals surface area (Å²) in [5.41, 5.74) is -0.834. The summed E-state index contributed by atoms with van der Waals surface area (Å²) in [6.07, 6.45) is 1.19. The van der Waals surface area contributed by atoms with E-state index in [1.54, 1.807) is 20.8 Å². The van der Waals surface area contributed by atoms with Crippen LogP contribution in [-0.4, -0.2) is 45.9 Å². The van der Waals surface area contributed by atoms with E-state index in [9.17, 15) is 23.5 Å². The van der Waals surface area contributed by atoms with Gasteiger partial charge in [-0.15, -0.1) is 0 Å². The van der Waals surface area contributed by atoms with Gasteiger partial charge in [0.2, 0.25) is 0 Å². The normalized spacial score (nSPS) is 19.4. The number of aliphatic carboxylic acids is 1. The average Bonchev–Trinajstić information content (AvgIpc) is 2.44. The van der Waals surface area contributed by atoms with Crippen molar-refractivity contribution in [3.05, 3.63) is 0 Å². The van der Waals surface area contributed by atoms with E-state index in [1.807, 2.05) is 0 Å². The third-order valence-electron chi connectivity index (χ3n) is 4.05. The number of alkyl halides is 2. The van der Waals surface area contributed by atoms with Crippen LogP contribution >= 0.6 is 0 Å². The van der Waals surface area contributed by atoms with Crippen molar-refractivity contribution in [1.29, 1.82) is 0 Å². The second-order valence-corrected chi connectivity index (χ2v) is 7.37. The van der Waals surface area contributed by atoms with Crippen molar-refractivity contribution in [2.24, 2.45) is 5.92 Å². The number of carboxylic acid groups (broad SMARTS) is 1. The van der Waals surface area contributed by atoms with Crippen LogP contribution in [0, 0.1) is 5.92 Å². The smallest absolute Gasteiger partial charge is 0.407 e. The SMILES string of the molecule is CC(C)(C)OC(=O)N[C@@H](CC1CCCCC1)[C@@H](O)C(F)(F)C(=O)O. The van der Waals surface area contributed by atoms with E-state index >= 15 is 0 Å². The highest BCUT2D eigenvalue weighted by Gasteiger charge is 2.51. The molecule has 0 saturated heterocycles. The third kappa shape index (κ3) is 6.22. The molecule has 1 aliphatic carbocycles. The van der Waals surface area contributed by atoms with Gasteiger partial charge in [-0.05, 0) is 33.1 Å². The van der Waals surface area contributed by atoms with Crippen LogP contribution in [0.2, 0.25) is 0 Å². The summed E-state index contributed by atoms with van der Waals surface area (Å²) in [5, 5.41) is 20.7. The molecule has 0 heterocycles. The number of carbonyl (C=O) groups excluding carboxylic acids is 1. The number of nitrogens with one attached hydrogen (secondary N) is 1. The number of carboxylic acids is 1. The van der Waals surface area contributed by atoms with E-state index < -0.39 is 35.7 Å². The molecule has 1 amide bonds. The van der Waals surface area contributed by atoms with Crippen LogP contribution in [-0.2, 0) is 9.53 Å². The summed E-state index contributed by atoms with van der Waals surface area (Å²) in [7, 11) is 0. The summed E-state index contributed by atoms with van der Waals surface area (Å²) < 4.78 is 32.4. The number of amides is 1. The van der Waals surface area contributed by atoms with E-state index in [0.29, 0.717) is 0 Å². The monoisotopic (exact) mass is 351 g/mol. The van der Waals surface area contributed by atoms with Gasteiger partial charge in [-0.3, -0.25) is 0 Å². The summed E-state index contributed by atoms with van der Waals surface area (Å²) in [6.45, 7) is 4.85. The molecule has 0 aromatic carbocycles. The molecule has 6 nitrogen and oxygen atoms in total. The highest BCUT2D eigenvalue weighted by molar-refractivity contribution is 5.76. The molecule has 1 fully saturated rings. The van der Waals surface area contributed by atoms with Crippen LogP contribution in [0.15, 0.2) is 0 Å². The van der Waals surface area contributed by atoms with Crippen molar-refractivity contribution >= 4 is 12.1 Å². The highest BCUT2D eigenvalue weighted by atomic mass is 19.3. The van der Waals surface area contributed by atoms with Crippen molar-refractivity contribution in [2.45, 2.75) is 83.0 Å². The topological polar surface area (TPSA) is 95.9 Å². The standard InChI is InChI=1S/C16H27F2NO5/c1-15(2,3)24-14(23)19-11(9-10-7-5-4-6-8-10)12(20)16(17,18)13(21)22/h10-12,20H,4-9H2,1-3H3,(H,19,23)(H,21,22)/t11-,12+/m0/s1. The summed E-state index contributed by atoms with van der Waals surface area (Å²) in [6, 6.07) is -1.39. The van der Waals surface area contributed by atoms with Crippen LogP contribution in [0.3, 0.4) is 0 Å². The minimum absolute atomic E-state index is 0.0536. The van der Waals surface area contributed by atoms with E-state index in [1.165, 1.54) is 0 Å². The quantitative estimate of drug-likeness (QED) is 0.684. The average molecular weight is 351 g/mol. The lowest BCUT2D eigenvalue weighted by atomic mass is 9.83. The molecule has 0 aromatic rings. The number of ether oxygens (including phenoxy) is 1. The lowest BCUT2D eigenvalue weighted by molar-refractivity contribution is -0.185. The molecule has 3 N–H and O–H groups in total. The predicted molar refractivity (Wildman–Crippen MR) is 82.9 cm³/mol. The van der Waals surface area contributed by atoms with Crippen LogP contribution in [0.1, 0.15) is 59.3 Å². The van der Waals surface area contributed by atoms with Crippen molar-refractivity contribution in [2.75, 3.05) is 0 Å². The lowest BCUT2D eigenvalue weighted by Gasteiger charge is -2.32. The molecule has 0 aliphatic heterocycles. The van der Waals surface area contributed by atoms with Crippen LogP contribution in [0.5, 0.6) is 0 Å². The van der Waals surface area contributed by atoms with Gasteiger partial charge in [0.05, 0.1) is 6.04 Å². The zero-order valence-electron chi connectivity index (χ0n) is 14.3. The van der Waals surface area contributed by atoms with Crippen molar-refractivity contribution < 1.29 is 33.3 Å². The number of aliphatic hydroxyl groups is 1. The Morgan fingerprint density at radius 1 is 1.21 bits per heavy atom. The summed E-state index contributed by atoms with van der Waals surface area (Å²) in [5.74, 6) is -6.72. The minimum atomic E-state index is -4.35. The fourth-order valence-corrected chi connectivity index (χ4v) is 2.89. The largest absolute Gasteiger partial charge is 0.477 e. The first-order valence-electron chi connectivity index (χ1n) is 8.22. The number of hydrogen-bond donors (Lipinski definition) is 3. The Morgan fingerprint density at radius 2 is 1.75 bits per heavy atom.